The zero-order valence-corrected chi connectivity index (χ0v) is 76.1. The number of rotatable bonds is 18. The summed E-state index contributed by atoms with van der Waals surface area (Å²) in [5, 5.41) is 27.8. The summed E-state index contributed by atoms with van der Waals surface area (Å²) >= 11 is 0. The zero-order chi connectivity index (χ0) is 90.6. The minimum absolute atomic E-state index is 0.284. The molecule has 5 aromatic carbocycles. The minimum atomic E-state index is 0.284. The van der Waals surface area contributed by atoms with Crippen LogP contribution < -0.4 is 50.3 Å². The fraction of sp³-hybridized carbons (Fsp3) is 0.321. The Kier molecular flexibility index (Phi) is 26.2. The topological polar surface area (TPSA) is 310 Å². The average molecular weight is 1790 g/mol. The highest BCUT2D eigenvalue weighted by atomic mass is 16.5. The van der Waals surface area contributed by atoms with E-state index in [-0.39, 0.29) is 12.2 Å². The van der Waals surface area contributed by atoms with Crippen LogP contribution in [0.15, 0.2) is 263 Å². The summed E-state index contributed by atoms with van der Waals surface area (Å²) in [6.45, 7) is 10.1. The number of hydrogen-bond acceptors (Lipinski definition) is 26. The Morgan fingerprint density at radius 1 is 0.267 bits per heavy atom. The molecule has 0 saturated heterocycles. The first-order valence-electron chi connectivity index (χ1n) is 47.9. The van der Waals surface area contributed by atoms with E-state index in [1.54, 1.807) is 24.8 Å². The van der Waals surface area contributed by atoms with E-state index in [2.05, 4.69) is 229 Å². The Labute approximate surface area is 784 Å². The van der Waals surface area contributed by atoms with E-state index in [0.29, 0.717) is 50.5 Å². The molecule has 10 aromatic heterocycles. The maximum absolute atomic E-state index is 6.22. The smallest absolute Gasteiger partial charge is 0.221 e. The first-order chi connectivity index (χ1) is 66.6. The molecule has 4 atom stereocenters. The number of fused-ring (bicyclic) bond motifs is 10. The predicted molar refractivity (Wildman–Crippen MR) is 534 cm³/mol. The van der Waals surface area contributed by atoms with E-state index in [0.717, 1.165) is 255 Å². The van der Waals surface area contributed by atoms with Gasteiger partial charge in [0, 0.05) is 146 Å². The molecule has 5 aliphatic heterocycles. The van der Waals surface area contributed by atoms with Crippen LogP contribution in [0.25, 0.3) is 53.9 Å². The summed E-state index contributed by atoms with van der Waals surface area (Å²) in [7, 11) is 0. The van der Waals surface area contributed by atoms with Gasteiger partial charge in [0.2, 0.25) is 29.4 Å². The van der Waals surface area contributed by atoms with Gasteiger partial charge in [0.15, 0.2) is 17.5 Å². The summed E-state index contributed by atoms with van der Waals surface area (Å²) < 4.78 is 30.6. The van der Waals surface area contributed by atoms with Gasteiger partial charge in [-0.25, -0.2) is 29.9 Å². The predicted octanol–water partition coefficient (Wildman–Crippen LogP) is 22.2. The highest BCUT2D eigenvalue weighted by Gasteiger charge is 2.29. The maximum Gasteiger partial charge on any atom is 0.221 e. The van der Waals surface area contributed by atoms with Crippen molar-refractivity contribution in [3.63, 3.8) is 0 Å². The standard InChI is InChI=1S/4C22H22N4O.C21H21N5O/c1-14-4-6-17(11-14)27-22-18-7-5-16(12-15(18)8-10-24-22)26-21-19-3-2-9-23-20(19)13-25-21;1-14-4-6-18(11-14)27-22-19-7-5-17(12-15(19)8-10-24-22)26-21-20-16(13-25-21)3-2-9-23-20;1-2-5-15(4-1)14-27-22-18-8-7-17(12-16(18)9-11-24-22)26-21-19-6-3-10-23-20(19)13-25-21;1-2-5-15(4-1)14-27-22-19-8-7-18(12-16(19)9-11-24-22)26-21-20-17(13-25-21)6-3-10-23-20;1-2-4-14(3-1)13-27-21-17-6-5-16(11-15(17)7-8-24-21)26-20-19-18(12-25-20)22-9-10-23-19/h2-3,5,7-10,12,14,17H,4,6,11,13H2,1H3,(H,25,26);2-3,5,7-10,12,14,18H,4,6,11,13H2,1H3,(H,25,26);2*3,6-12,15H,1-2,4-5,13-14H2,(H,25,26);5-11,14H,1-4,12-13H2,(H,25,26)/t14-,17-;14-,18-;;;/m11.../s1. The third-order valence-corrected chi connectivity index (χ3v) is 27.1. The van der Waals surface area contributed by atoms with Crippen molar-refractivity contribution in [2.45, 2.75) is 174 Å². The van der Waals surface area contributed by atoms with E-state index < -0.39 is 0 Å². The molecule has 0 radical (unpaired) electrons. The van der Waals surface area contributed by atoms with Crippen LogP contribution in [0.1, 0.15) is 186 Å². The third-order valence-electron chi connectivity index (χ3n) is 27.1. The van der Waals surface area contributed by atoms with Gasteiger partial charge in [-0.3, -0.25) is 49.9 Å². The number of anilines is 5. The second-order valence-electron chi connectivity index (χ2n) is 36.8. The number of pyridine rings is 9. The van der Waals surface area contributed by atoms with E-state index in [1.807, 2.05) is 104 Å². The first-order valence-corrected chi connectivity index (χ1v) is 47.9. The van der Waals surface area contributed by atoms with Crippen molar-refractivity contribution in [2.24, 2.45) is 54.6 Å². The molecular formula is C109H109N21O5. The molecule has 26 nitrogen and oxygen atoms in total. The van der Waals surface area contributed by atoms with Crippen LogP contribution in [-0.2, 0) is 32.7 Å². The first kappa shape index (κ1) is 86.9. The molecule has 5 fully saturated rings. The molecule has 0 unspecified atom stereocenters. The Balaban J connectivity index is 0.000000101. The van der Waals surface area contributed by atoms with Crippen LogP contribution >= 0.6 is 0 Å². The zero-order valence-electron chi connectivity index (χ0n) is 76.1. The van der Waals surface area contributed by atoms with E-state index in [1.165, 1.54) is 89.9 Å². The largest absolute Gasteiger partial charge is 0.477 e. The molecule has 10 aliphatic rings. The second kappa shape index (κ2) is 40.7. The minimum Gasteiger partial charge on any atom is -0.477 e. The number of nitrogens with zero attached hydrogens (tertiary/aromatic N) is 16. The molecule has 5 aliphatic carbocycles. The fourth-order valence-corrected chi connectivity index (χ4v) is 19.8. The van der Waals surface area contributed by atoms with Gasteiger partial charge in [-0.05, 0) is 291 Å². The van der Waals surface area contributed by atoms with Gasteiger partial charge in [-0.1, -0.05) is 64.5 Å². The molecule has 26 heteroatoms. The molecule has 15 aromatic rings. The quantitative estimate of drug-likeness (QED) is 0.0533. The monoisotopic (exact) mass is 1790 g/mol. The lowest BCUT2D eigenvalue weighted by Crippen LogP contribution is -2.13. The summed E-state index contributed by atoms with van der Waals surface area (Å²) in [5.41, 5.74) is 15.1. The van der Waals surface area contributed by atoms with Crippen molar-refractivity contribution in [3.8, 4) is 29.4 Å². The van der Waals surface area contributed by atoms with Crippen LogP contribution in [0.5, 0.6) is 29.4 Å². The number of amidine groups is 5. The van der Waals surface area contributed by atoms with Crippen LogP contribution in [0.4, 0.5) is 28.4 Å². The van der Waals surface area contributed by atoms with E-state index in [4.69, 9.17) is 23.7 Å². The molecular weight excluding hydrogens is 1680 g/mol. The van der Waals surface area contributed by atoms with Gasteiger partial charge >= 0.3 is 0 Å². The van der Waals surface area contributed by atoms with Gasteiger partial charge in [-0.15, -0.1) is 0 Å². The number of ether oxygens (including phenoxy) is 5. The summed E-state index contributed by atoms with van der Waals surface area (Å²) in [6, 6.07) is 57.3. The van der Waals surface area contributed by atoms with Crippen molar-refractivity contribution in [1.82, 2.24) is 54.8 Å². The van der Waals surface area contributed by atoms with Crippen molar-refractivity contribution in [1.29, 1.82) is 0 Å². The fourth-order valence-electron chi connectivity index (χ4n) is 19.8. The second-order valence-corrected chi connectivity index (χ2v) is 36.8. The van der Waals surface area contributed by atoms with Crippen molar-refractivity contribution in [3.05, 3.63) is 294 Å². The van der Waals surface area contributed by atoms with Crippen molar-refractivity contribution >= 4 is 111 Å². The summed E-state index contributed by atoms with van der Waals surface area (Å²) in [6.07, 6.45) is 42.8. The molecule has 135 heavy (non-hydrogen) atoms. The Hall–Kier alpha value is -14.8. The lowest BCUT2D eigenvalue weighted by molar-refractivity contribution is 0.200. The van der Waals surface area contributed by atoms with Gasteiger partial charge in [0.25, 0.3) is 0 Å². The van der Waals surface area contributed by atoms with Crippen LogP contribution in [0.2, 0.25) is 0 Å². The normalized spacial score (nSPS) is 18.3. The van der Waals surface area contributed by atoms with E-state index in [9.17, 15) is 0 Å². The average Bonchev–Trinajstić information content (AvgIpc) is 1.80. The van der Waals surface area contributed by atoms with Crippen molar-refractivity contribution in [2.75, 3.05) is 46.4 Å². The van der Waals surface area contributed by atoms with Gasteiger partial charge in [0.1, 0.15) is 41.0 Å². The molecule has 0 amide bonds. The highest BCUT2D eigenvalue weighted by molar-refractivity contribution is 6.14. The molecule has 5 saturated carbocycles. The molecule has 0 bridgehead atoms. The molecule has 680 valence electrons. The SMILES string of the molecule is C[C@@H]1CC[C@@H](Oc2nccc3cc(NC4=NCc5cccnc54)ccc23)C1.C[C@@H]1CC[C@@H](Oc2nccc3cc(NC4=NCc5ncccc54)ccc23)C1.c1cnc2c(c1)C(Nc1ccc3c(OCC4CCCC4)nccc3c1)=NC2.c1cnc2c(c1)CN=C2Nc1ccc2c(OCC3CCCC3)nccc2c1.c1cnc2c(n1)CN=C2Nc1ccc2c(OCC3CCCC3)nccc2c1. The van der Waals surface area contributed by atoms with Gasteiger partial charge in [0.05, 0.1) is 69.6 Å². The van der Waals surface area contributed by atoms with E-state index >= 15 is 0 Å². The van der Waals surface area contributed by atoms with Crippen LogP contribution in [0.3, 0.4) is 0 Å². The van der Waals surface area contributed by atoms with Crippen LogP contribution in [-0.4, -0.2) is 116 Å². The Bertz CT molecular complexity index is 6450. The number of nitrogens with one attached hydrogen (secondary N) is 5. The summed E-state index contributed by atoms with van der Waals surface area (Å²) in [5.74, 6) is 11.4. The number of benzene rings is 5. The number of aliphatic imine (C=N–C) groups is 5. The molecule has 15 heterocycles. The van der Waals surface area contributed by atoms with Gasteiger partial charge < -0.3 is 50.3 Å². The molecule has 25 rings (SSSR count). The van der Waals surface area contributed by atoms with Crippen LogP contribution in [0, 0.1) is 29.6 Å². The molecule has 0 spiro atoms. The lowest BCUT2D eigenvalue weighted by atomic mass is 10.1. The summed E-state index contributed by atoms with van der Waals surface area (Å²) in [4.78, 5) is 71.5. The highest BCUT2D eigenvalue weighted by Crippen LogP contribution is 2.39. The third kappa shape index (κ3) is 20.6. The number of aromatic nitrogens is 11. The Morgan fingerprint density at radius 2 is 0.570 bits per heavy atom. The molecule has 5 N–H and O–H groups in total. The number of hydrogen-bond donors (Lipinski definition) is 5. The van der Waals surface area contributed by atoms with Crippen molar-refractivity contribution < 1.29 is 23.7 Å². The maximum atomic E-state index is 6.22. The lowest BCUT2D eigenvalue weighted by Gasteiger charge is -2.15. The van der Waals surface area contributed by atoms with Gasteiger partial charge in [-0.2, -0.15) is 0 Å². The Morgan fingerprint density at radius 3 is 0.948 bits per heavy atom.